The van der Waals surface area contributed by atoms with Crippen molar-refractivity contribution in [1.29, 1.82) is 0 Å². The van der Waals surface area contributed by atoms with Gasteiger partial charge in [-0.25, -0.2) is 0 Å². The maximum absolute atomic E-state index is 6.10. The molecule has 0 N–H and O–H groups in total. The zero-order valence-electron chi connectivity index (χ0n) is 9.08. The minimum absolute atomic E-state index is 0.203. The largest absolute Gasteiger partial charge is 0.381 e. The number of hydrogen-bond acceptors (Lipinski definition) is 2. The summed E-state index contributed by atoms with van der Waals surface area (Å²) in [5, 5.41) is 4.41. The molecule has 0 aromatic carbocycles. The molecule has 1 aromatic heterocycles. The van der Waals surface area contributed by atoms with E-state index in [0.717, 1.165) is 38.2 Å². The van der Waals surface area contributed by atoms with Gasteiger partial charge in [-0.15, -0.1) is 11.6 Å². The van der Waals surface area contributed by atoms with Crippen LogP contribution in [0.15, 0.2) is 12.3 Å². The fourth-order valence-corrected chi connectivity index (χ4v) is 2.47. The molecule has 4 heteroatoms. The maximum Gasteiger partial charge on any atom is 0.0630 e. The minimum atomic E-state index is 0.203. The first-order chi connectivity index (χ1) is 7.24. The Morgan fingerprint density at radius 1 is 1.53 bits per heavy atom. The zero-order chi connectivity index (χ0) is 10.7. The molecular weight excluding hydrogens is 212 g/mol. The van der Waals surface area contributed by atoms with Crippen molar-refractivity contribution >= 4 is 11.6 Å². The topological polar surface area (TPSA) is 27.1 Å². The second-order valence-corrected chi connectivity index (χ2v) is 4.67. The summed E-state index contributed by atoms with van der Waals surface area (Å²) in [4.78, 5) is 0. The molecule has 0 aliphatic carbocycles. The van der Waals surface area contributed by atoms with E-state index >= 15 is 0 Å². The summed E-state index contributed by atoms with van der Waals surface area (Å²) in [7, 11) is 1.95. The predicted molar refractivity (Wildman–Crippen MR) is 60.1 cm³/mol. The molecule has 1 saturated heterocycles. The van der Waals surface area contributed by atoms with E-state index in [1.807, 2.05) is 17.9 Å². The Morgan fingerprint density at radius 2 is 2.27 bits per heavy atom. The molecule has 0 atom stereocenters. The Kier molecular flexibility index (Phi) is 3.32. The van der Waals surface area contributed by atoms with Crippen molar-refractivity contribution in [2.24, 2.45) is 12.5 Å². The third kappa shape index (κ3) is 2.52. The molecule has 0 unspecified atom stereocenters. The molecule has 1 aromatic rings. The predicted octanol–water partition coefficient (Wildman–Crippen LogP) is 2.00. The van der Waals surface area contributed by atoms with Crippen molar-refractivity contribution in [2.75, 3.05) is 19.1 Å². The van der Waals surface area contributed by atoms with Crippen molar-refractivity contribution in [3.05, 3.63) is 18.0 Å². The number of ether oxygens (including phenoxy) is 1. The second kappa shape index (κ2) is 4.54. The SMILES string of the molecule is Cn1ccc(CC2(CCl)CCOCC2)n1. The molecule has 0 bridgehead atoms. The van der Waals surface area contributed by atoms with Crippen LogP contribution in [0.25, 0.3) is 0 Å². The van der Waals surface area contributed by atoms with Crippen LogP contribution in [-0.2, 0) is 18.2 Å². The van der Waals surface area contributed by atoms with Gasteiger partial charge in [0.2, 0.25) is 0 Å². The Morgan fingerprint density at radius 3 is 2.80 bits per heavy atom. The molecule has 2 heterocycles. The molecule has 3 nitrogen and oxygen atoms in total. The van der Waals surface area contributed by atoms with E-state index in [1.54, 1.807) is 0 Å². The van der Waals surface area contributed by atoms with Crippen molar-refractivity contribution in [2.45, 2.75) is 19.3 Å². The monoisotopic (exact) mass is 228 g/mol. The molecule has 0 radical (unpaired) electrons. The number of nitrogens with zero attached hydrogens (tertiary/aromatic N) is 2. The first-order valence-electron chi connectivity index (χ1n) is 5.36. The van der Waals surface area contributed by atoms with Crippen LogP contribution in [0.2, 0.25) is 0 Å². The molecule has 84 valence electrons. The van der Waals surface area contributed by atoms with Crippen molar-refractivity contribution in [3.8, 4) is 0 Å². The van der Waals surface area contributed by atoms with Crippen LogP contribution in [0.1, 0.15) is 18.5 Å². The van der Waals surface area contributed by atoms with Crippen LogP contribution in [0.4, 0.5) is 0 Å². The average molecular weight is 229 g/mol. The number of aryl methyl sites for hydroxylation is 1. The van der Waals surface area contributed by atoms with E-state index in [0.29, 0.717) is 5.88 Å². The van der Waals surface area contributed by atoms with Gasteiger partial charge in [0, 0.05) is 32.3 Å². The van der Waals surface area contributed by atoms with Crippen molar-refractivity contribution in [3.63, 3.8) is 0 Å². The third-order valence-corrected chi connectivity index (χ3v) is 3.73. The Hall–Kier alpha value is -0.540. The molecule has 1 aliphatic rings. The lowest BCUT2D eigenvalue weighted by Gasteiger charge is -2.34. The Bertz CT molecular complexity index is 318. The minimum Gasteiger partial charge on any atom is -0.381 e. The van der Waals surface area contributed by atoms with Crippen LogP contribution in [0.3, 0.4) is 0 Å². The van der Waals surface area contributed by atoms with E-state index < -0.39 is 0 Å². The van der Waals surface area contributed by atoms with Gasteiger partial charge in [0.1, 0.15) is 0 Å². The lowest BCUT2D eigenvalue weighted by Crippen LogP contribution is -2.33. The van der Waals surface area contributed by atoms with E-state index in [-0.39, 0.29) is 5.41 Å². The van der Waals surface area contributed by atoms with Crippen LogP contribution in [0, 0.1) is 5.41 Å². The van der Waals surface area contributed by atoms with E-state index in [4.69, 9.17) is 16.3 Å². The summed E-state index contributed by atoms with van der Waals surface area (Å²) in [5.41, 5.74) is 1.34. The van der Waals surface area contributed by atoms with Crippen LogP contribution < -0.4 is 0 Å². The standard InChI is InChI=1S/C11H17ClN2O/c1-14-5-2-10(13-14)8-11(9-12)3-6-15-7-4-11/h2,5H,3-4,6-9H2,1H3. The Labute approximate surface area is 95.4 Å². The number of hydrogen-bond donors (Lipinski definition) is 0. The lowest BCUT2D eigenvalue weighted by atomic mass is 9.78. The fourth-order valence-electron chi connectivity index (χ4n) is 2.10. The molecule has 0 saturated carbocycles. The summed E-state index contributed by atoms with van der Waals surface area (Å²) in [6.45, 7) is 1.67. The molecule has 1 fully saturated rings. The summed E-state index contributed by atoms with van der Waals surface area (Å²) in [5.74, 6) is 0.701. The highest BCUT2D eigenvalue weighted by Gasteiger charge is 2.32. The van der Waals surface area contributed by atoms with Gasteiger partial charge in [0.05, 0.1) is 5.69 Å². The van der Waals surface area contributed by atoms with Gasteiger partial charge in [0.15, 0.2) is 0 Å². The van der Waals surface area contributed by atoms with Crippen LogP contribution >= 0.6 is 11.6 Å². The first-order valence-corrected chi connectivity index (χ1v) is 5.90. The van der Waals surface area contributed by atoms with Gasteiger partial charge in [-0.2, -0.15) is 5.10 Å². The molecule has 0 spiro atoms. The molecule has 15 heavy (non-hydrogen) atoms. The second-order valence-electron chi connectivity index (χ2n) is 4.40. The summed E-state index contributed by atoms with van der Waals surface area (Å²) < 4.78 is 7.23. The van der Waals surface area contributed by atoms with Gasteiger partial charge in [0.25, 0.3) is 0 Å². The maximum atomic E-state index is 6.10. The normalized spacial score (nSPS) is 20.4. The van der Waals surface area contributed by atoms with E-state index in [9.17, 15) is 0 Å². The highest BCUT2D eigenvalue weighted by atomic mass is 35.5. The molecule has 1 aliphatic heterocycles. The van der Waals surface area contributed by atoms with Gasteiger partial charge in [-0.3, -0.25) is 4.68 Å². The van der Waals surface area contributed by atoms with Crippen LogP contribution in [0.5, 0.6) is 0 Å². The van der Waals surface area contributed by atoms with Crippen molar-refractivity contribution in [1.82, 2.24) is 9.78 Å². The average Bonchev–Trinajstić information content (AvgIpc) is 2.65. The smallest absolute Gasteiger partial charge is 0.0630 e. The van der Waals surface area contributed by atoms with Crippen LogP contribution in [-0.4, -0.2) is 28.9 Å². The number of alkyl halides is 1. The molecule has 0 amide bonds. The highest BCUT2D eigenvalue weighted by molar-refractivity contribution is 6.18. The number of halogens is 1. The first kappa shape index (κ1) is 11.0. The summed E-state index contributed by atoms with van der Waals surface area (Å²) >= 11 is 6.10. The van der Waals surface area contributed by atoms with E-state index in [1.165, 1.54) is 0 Å². The van der Waals surface area contributed by atoms with Crippen molar-refractivity contribution < 1.29 is 4.74 Å². The Balaban J connectivity index is 2.06. The third-order valence-electron chi connectivity index (χ3n) is 3.16. The van der Waals surface area contributed by atoms with Gasteiger partial charge >= 0.3 is 0 Å². The molecule has 2 rings (SSSR count). The summed E-state index contributed by atoms with van der Waals surface area (Å²) in [6.07, 6.45) is 5.05. The van der Waals surface area contributed by atoms with Gasteiger partial charge in [-0.1, -0.05) is 0 Å². The highest BCUT2D eigenvalue weighted by Crippen LogP contribution is 2.35. The fraction of sp³-hybridized carbons (Fsp3) is 0.727. The lowest BCUT2D eigenvalue weighted by molar-refractivity contribution is 0.0253. The summed E-state index contributed by atoms with van der Waals surface area (Å²) in [6, 6.07) is 2.07. The van der Waals surface area contributed by atoms with E-state index in [2.05, 4.69) is 11.2 Å². The zero-order valence-corrected chi connectivity index (χ0v) is 9.83. The van der Waals surface area contributed by atoms with Gasteiger partial charge in [-0.05, 0) is 30.7 Å². The number of aromatic nitrogens is 2. The quantitative estimate of drug-likeness (QED) is 0.740. The molecular formula is C11H17ClN2O. The van der Waals surface area contributed by atoms with Gasteiger partial charge < -0.3 is 4.74 Å². The number of rotatable bonds is 3.